The van der Waals surface area contributed by atoms with E-state index in [9.17, 15) is 14.3 Å². The predicted molar refractivity (Wildman–Crippen MR) is 93.3 cm³/mol. The van der Waals surface area contributed by atoms with Gasteiger partial charge in [-0.25, -0.2) is 4.39 Å². The minimum absolute atomic E-state index is 0.0125. The van der Waals surface area contributed by atoms with E-state index in [4.69, 9.17) is 4.74 Å². The van der Waals surface area contributed by atoms with Gasteiger partial charge in [-0.2, -0.15) is 0 Å². The zero-order chi connectivity index (χ0) is 17.8. The summed E-state index contributed by atoms with van der Waals surface area (Å²) in [5.74, 6) is 0.660. The summed E-state index contributed by atoms with van der Waals surface area (Å²) >= 11 is 0. The number of halogens is 1. The van der Waals surface area contributed by atoms with Crippen LogP contribution >= 0.6 is 0 Å². The van der Waals surface area contributed by atoms with Crippen LogP contribution in [0.3, 0.4) is 0 Å². The zero-order valence-electron chi connectivity index (χ0n) is 14.5. The van der Waals surface area contributed by atoms with Gasteiger partial charge in [-0.3, -0.25) is 4.79 Å². The van der Waals surface area contributed by atoms with Gasteiger partial charge in [-0.1, -0.05) is 23.8 Å². The number of hydrogen-bond acceptors (Lipinski definition) is 3. The minimum atomic E-state index is -0.291. The molecule has 4 nitrogen and oxygen atoms in total. The number of rotatable bonds is 5. The topological polar surface area (TPSA) is 49.8 Å². The van der Waals surface area contributed by atoms with Gasteiger partial charge in [0.1, 0.15) is 5.82 Å². The second-order valence-electron chi connectivity index (χ2n) is 6.74. The van der Waals surface area contributed by atoms with E-state index >= 15 is 0 Å². The van der Waals surface area contributed by atoms with Crippen molar-refractivity contribution in [3.05, 3.63) is 59.1 Å². The summed E-state index contributed by atoms with van der Waals surface area (Å²) < 4.78 is 18.4. The largest absolute Gasteiger partial charge is 0.501 e. The number of piperidine rings is 1. The van der Waals surface area contributed by atoms with Gasteiger partial charge in [0.05, 0.1) is 12.9 Å². The number of hydrogen-bond donors (Lipinski definition) is 1. The summed E-state index contributed by atoms with van der Waals surface area (Å²) in [6.45, 7) is 1.13. The number of aliphatic hydroxyl groups is 1. The Morgan fingerprint density at radius 2 is 2.00 bits per heavy atom. The highest BCUT2D eigenvalue weighted by Crippen LogP contribution is 2.34. The molecule has 1 aromatic carbocycles. The Hall–Kier alpha value is -2.14. The van der Waals surface area contributed by atoms with Crippen LogP contribution in [0, 0.1) is 11.7 Å². The van der Waals surface area contributed by atoms with Crippen LogP contribution < -0.4 is 0 Å². The maximum atomic E-state index is 13.1. The summed E-state index contributed by atoms with van der Waals surface area (Å²) in [6.07, 6.45) is 6.07. The van der Waals surface area contributed by atoms with Gasteiger partial charge >= 0.3 is 0 Å². The summed E-state index contributed by atoms with van der Waals surface area (Å²) in [5, 5.41) is 9.80. The van der Waals surface area contributed by atoms with Crippen LogP contribution in [0.5, 0.6) is 0 Å². The number of carbonyl (C=O) groups excluding carboxylic acids is 1. The lowest BCUT2D eigenvalue weighted by Gasteiger charge is -2.38. The Balaban J connectivity index is 1.69. The van der Waals surface area contributed by atoms with Crippen molar-refractivity contribution in [1.82, 2.24) is 4.90 Å². The van der Waals surface area contributed by atoms with Gasteiger partial charge in [0.2, 0.25) is 5.91 Å². The highest BCUT2D eigenvalue weighted by atomic mass is 19.1. The smallest absolute Gasteiger partial charge is 0.223 e. The summed E-state index contributed by atoms with van der Waals surface area (Å²) in [7, 11) is 1.67. The molecule has 1 fully saturated rings. The number of benzene rings is 1. The quantitative estimate of drug-likeness (QED) is 0.892. The van der Waals surface area contributed by atoms with Crippen molar-refractivity contribution in [2.45, 2.75) is 25.2 Å². The van der Waals surface area contributed by atoms with Crippen molar-refractivity contribution in [1.29, 1.82) is 0 Å². The average molecular weight is 345 g/mol. The monoisotopic (exact) mass is 345 g/mol. The first kappa shape index (κ1) is 17.7. The van der Waals surface area contributed by atoms with Crippen molar-refractivity contribution >= 4 is 5.91 Å². The van der Waals surface area contributed by atoms with Crippen LogP contribution in [0.4, 0.5) is 4.39 Å². The molecule has 25 heavy (non-hydrogen) atoms. The number of amides is 1. The van der Waals surface area contributed by atoms with Gasteiger partial charge < -0.3 is 14.7 Å². The molecule has 1 saturated heterocycles. The fraction of sp³-hybridized carbons (Fsp3) is 0.450. The number of ether oxygens (including phenoxy) is 1. The first-order valence-corrected chi connectivity index (χ1v) is 8.67. The van der Waals surface area contributed by atoms with Crippen LogP contribution in [-0.2, 0) is 9.53 Å². The summed E-state index contributed by atoms with van der Waals surface area (Å²) in [4.78, 5) is 14.4. The van der Waals surface area contributed by atoms with Crippen LogP contribution in [0.25, 0.3) is 0 Å². The molecule has 0 unspecified atom stereocenters. The number of nitrogens with zero attached hydrogens (tertiary/aromatic N) is 1. The summed E-state index contributed by atoms with van der Waals surface area (Å²) in [5.41, 5.74) is 2.11. The molecular formula is C20H24FNO3. The normalized spacial score (nSPS) is 24.0. The number of aliphatic hydroxyl groups excluding tert-OH is 1. The molecule has 0 saturated carbocycles. The molecule has 2 atom stereocenters. The van der Waals surface area contributed by atoms with E-state index in [0.717, 1.165) is 24.2 Å². The van der Waals surface area contributed by atoms with E-state index in [-0.39, 0.29) is 30.2 Å². The molecule has 1 aliphatic carbocycles. The van der Waals surface area contributed by atoms with Gasteiger partial charge in [0.25, 0.3) is 0 Å². The molecule has 134 valence electrons. The molecule has 5 heteroatoms. The maximum absolute atomic E-state index is 13.1. The van der Waals surface area contributed by atoms with Gasteiger partial charge in [-0.15, -0.1) is 0 Å². The van der Waals surface area contributed by atoms with Gasteiger partial charge in [0, 0.05) is 38.5 Å². The van der Waals surface area contributed by atoms with Crippen LogP contribution in [0.1, 0.15) is 30.7 Å². The van der Waals surface area contributed by atoms with Crippen LogP contribution in [0.15, 0.2) is 47.7 Å². The fourth-order valence-corrected chi connectivity index (χ4v) is 3.64. The van der Waals surface area contributed by atoms with E-state index < -0.39 is 0 Å². The molecule has 0 spiro atoms. The fourth-order valence-electron chi connectivity index (χ4n) is 3.64. The number of allylic oxidation sites excluding steroid dienone is 3. The molecule has 0 aromatic heterocycles. The van der Waals surface area contributed by atoms with Crippen molar-refractivity contribution in [2.75, 3.05) is 26.8 Å². The standard InChI is InChI=1S/C20H24FNO3/c1-25-18-8-2-14(3-9-18)11-22-12-16(13-23)19(10-20(22)24)15-4-6-17(21)7-5-15/h2,4-8,16,19,23H,3,9-13H2,1H3/t16-,19-/m0/s1. The molecular weight excluding hydrogens is 321 g/mol. The molecule has 1 N–H and O–H groups in total. The Morgan fingerprint density at radius 3 is 2.60 bits per heavy atom. The first-order valence-electron chi connectivity index (χ1n) is 8.67. The molecule has 0 radical (unpaired) electrons. The van der Waals surface area contributed by atoms with Crippen molar-refractivity contribution in [3.63, 3.8) is 0 Å². The number of methoxy groups -OCH3 is 1. The van der Waals surface area contributed by atoms with Crippen molar-refractivity contribution in [2.24, 2.45) is 5.92 Å². The zero-order valence-corrected chi connectivity index (χ0v) is 14.5. The van der Waals surface area contributed by atoms with Crippen molar-refractivity contribution in [3.8, 4) is 0 Å². The van der Waals surface area contributed by atoms with E-state index in [1.165, 1.54) is 17.7 Å². The third-order valence-electron chi connectivity index (χ3n) is 5.16. The van der Waals surface area contributed by atoms with Gasteiger partial charge in [0.15, 0.2) is 0 Å². The molecule has 1 amide bonds. The average Bonchev–Trinajstić information content (AvgIpc) is 2.64. The van der Waals surface area contributed by atoms with Crippen LogP contribution in [0.2, 0.25) is 0 Å². The lowest BCUT2D eigenvalue weighted by molar-refractivity contribution is -0.135. The number of carbonyl (C=O) groups is 1. The van der Waals surface area contributed by atoms with E-state index in [1.807, 2.05) is 17.1 Å². The minimum Gasteiger partial charge on any atom is -0.501 e. The summed E-state index contributed by atoms with van der Waals surface area (Å²) in [6, 6.07) is 6.25. The molecule has 1 aromatic rings. The lowest BCUT2D eigenvalue weighted by Crippen LogP contribution is -2.45. The first-order chi connectivity index (χ1) is 12.1. The Morgan fingerprint density at radius 1 is 1.24 bits per heavy atom. The SMILES string of the molecule is COC1=CC=C(CN2C[C@@H](CO)[C@H](c3ccc(F)cc3)CC2=O)CC1. The lowest BCUT2D eigenvalue weighted by atomic mass is 9.80. The Labute approximate surface area is 147 Å². The highest BCUT2D eigenvalue weighted by molar-refractivity contribution is 5.78. The molecule has 1 heterocycles. The second-order valence-corrected chi connectivity index (χ2v) is 6.74. The molecule has 2 aliphatic rings. The van der Waals surface area contributed by atoms with E-state index in [2.05, 4.69) is 0 Å². The Bertz CT molecular complexity index is 681. The van der Waals surface area contributed by atoms with E-state index in [0.29, 0.717) is 19.5 Å². The van der Waals surface area contributed by atoms with Crippen LogP contribution in [-0.4, -0.2) is 42.7 Å². The molecule has 0 bridgehead atoms. The third kappa shape index (κ3) is 4.10. The number of likely N-dealkylation sites (tertiary alicyclic amines) is 1. The van der Waals surface area contributed by atoms with E-state index in [1.54, 1.807) is 19.2 Å². The maximum Gasteiger partial charge on any atom is 0.223 e. The third-order valence-corrected chi connectivity index (χ3v) is 5.16. The Kier molecular flexibility index (Phi) is 5.53. The predicted octanol–water partition coefficient (Wildman–Crippen LogP) is 3.00. The molecule has 3 rings (SSSR count). The highest BCUT2D eigenvalue weighted by Gasteiger charge is 2.34. The molecule has 1 aliphatic heterocycles. The van der Waals surface area contributed by atoms with Crippen molar-refractivity contribution < 1.29 is 19.0 Å². The second kappa shape index (κ2) is 7.83. The van der Waals surface area contributed by atoms with Gasteiger partial charge in [-0.05, 0) is 36.1 Å².